The molecule has 1 aromatic heterocycles. The maximum absolute atomic E-state index is 12.4. The minimum absolute atomic E-state index is 0.0816. The van der Waals surface area contributed by atoms with E-state index in [0.29, 0.717) is 38.4 Å². The average Bonchev–Trinajstić information content (AvgIpc) is 3.20. The minimum Gasteiger partial charge on any atom is -0.493 e. The van der Waals surface area contributed by atoms with Crippen LogP contribution in [0.2, 0.25) is 10.0 Å². The summed E-state index contributed by atoms with van der Waals surface area (Å²) >= 11 is 13.0. The molecular weight excluding hydrogens is 439 g/mol. The molecule has 152 valence electrons. The van der Waals surface area contributed by atoms with Gasteiger partial charge in [-0.1, -0.05) is 35.0 Å². The second-order valence-electron chi connectivity index (χ2n) is 5.62. The molecule has 0 spiro atoms. The Bertz CT molecular complexity index is 1020. The van der Waals surface area contributed by atoms with Gasteiger partial charge in [-0.15, -0.1) is 10.2 Å². The zero-order chi connectivity index (χ0) is 21.0. The number of nitrogens with zero attached hydrogens (tertiary/aromatic N) is 2. The van der Waals surface area contributed by atoms with Gasteiger partial charge in [-0.3, -0.25) is 4.79 Å². The molecule has 0 aliphatic heterocycles. The first-order chi connectivity index (χ1) is 14.0. The Morgan fingerprint density at radius 1 is 1.03 bits per heavy atom. The van der Waals surface area contributed by atoms with Crippen molar-refractivity contribution in [3.05, 3.63) is 45.9 Å². The summed E-state index contributed by atoms with van der Waals surface area (Å²) in [6.45, 7) is 0. The third-order valence-electron chi connectivity index (χ3n) is 3.88. The number of ketones is 1. The number of benzene rings is 2. The van der Waals surface area contributed by atoms with Crippen LogP contribution >= 0.6 is 35.0 Å². The van der Waals surface area contributed by atoms with E-state index in [9.17, 15) is 4.79 Å². The fourth-order valence-corrected chi connectivity index (χ4v) is 3.67. The molecule has 3 aromatic rings. The molecule has 0 radical (unpaired) electrons. The lowest BCUT2D eigenvalue weighted by molar-refractivity contribution is 0.102. The van der Waals surface area contributed by atoms with Crippen molar-refractivity contribution >= 4 is 40.7 Å². The number of aromatic nitrogens is 2. The molecule has 0 N–H and O–H groups in total. The highest BCUT2D eigenvalue weighted by molar-refractivity contribution is 7.99. The standard InChI is InChI=1S/C19H16Cl2N2O5S/c1-25-15-6-10(7-16(26-2)17(15)27-3)18-22-23-19(28-18)29-9-14(24)12-5-4-11(20)8-13(12)21/h4-8H,9H2,1-3H3. The van der Waals surface area contributed by atoms with Crippen molar-refractivity contribution < 1.29 is 23.4 Å². The molecule has 10 heteroatoms. The predicted molar refractivity (Wildman–Crippen MR) is 111 cm³/mol. The van der Waals surface area contributed by atoms with E-state index in [2.05, 4.69) is 10.2 Å². The van der Waals surface area contributed by atoms with Crippen LogP contribution in [0, 0.1) is 0 Å². The minimum atomic E-state index is -0.177. The Morgan fingerprint density at radius 2 is 1.72 bits per heavy atom. The summed E-state index contributed by atoms with van der Waals surface area (Å²) in [6.07, 6.45) is 0. The van der Waals surface area contributed by atoms with Crippen LogP contribution in [0.5, 0.6) is 17.2 Å². The number of hydrogen-bond acceptors (Lipinski definition) is 8. The van der Waals surface area contributed by atoms with Gasteiger partial charge in [0.2, 0.25) is 11.6 Å². The molecule has 3 rings (SSSR count). The maximum atomic E-state index is 12.4. The molecule has 0 bridgehead atoms. The van der Waals surface area contributed by atoms with Gasteiger partial charge in [0, 0.05) is 16.1 Å². The monoisotopic (exact) mass is 454 g/mol. The lowest BCUT2D eigenvalue weighted by atomic mass is 10.1. The number of carbonyl (C=O) groups excluding carboxylic acids is 1. The number of Topliss-reactive ketones (excluding diaryl/α,β-unsaturated/α-hetero) is 1. The largest absolute Gasteiger partial charge is 0.493 e. The molecular formula is C19H16Cl2N2O5S. The first-order valence-corrected chi connectivity index (χ1v) is 9.96. The summed E-state index contributed by atoms with van der Waals surface area (Å²) in [7, 11) is 4.55. The van der Waals surface area contributed by atoms with Gasteiger partial charge in [-0.05, 0) is 30.3 Å². The predicted octanol–water partition coefficient (Wildman–Crippen LogP) is 5.04. The first kappa shape index (κ1) is 21.3. The Kier molecular flexibility index (Phi) is 6.89. The zero-order valence-electron chi connectivity index (χ0n) is 15.7. The summed E-state index contributed by atoms with van der Waals surface area (Å²) in [5.41, 5.74) is 0.971. The van der Waals surface area contributed by atoms with E-state index in [-0.39, 0.29) is 22.6 Å². The molecule has 0 unspecified atom stereocenters. The van der Waals surface area contributed by atoms with Crippen LogP contribution < -0.4 is 14.2 Å². The molecule has 0 amide bonds. The first-order valence-electron chi connectivity index (χ1n) is 8.21. The Labute approximate surface area is 181 Å². The van der Waals surface area contributed by atoms with E-state index in [1.165, 1.54) is 27.4 Å². The average molecular weight is 455 g/mol. The van der Waals surface area contributed by atoms with Crippen LogP contribution in [0.3, 0.4) is 0 Å². The van der Waals surface area contributed by atoms with Gasteiger partial charge in [-0.25, -0.2) is 0 Å². The molecule has 0 saturated heterocycles. The fraction of sp³-hybridized carbons (Fsp3) is 0.211. The van der Waals surface area contributed by atoms with Crippen LogP contribution in [0.4, 0.5) is 0 Å². The van der Waals surface area contributed by atoms with E-state index in [4.69, 9.17) is 41.8 Å². The van der Waals surface area contributed by atoms with E-state index < -0.39 is 0 Å². The lowest BCUT2D eigenvalue weighted by Gasteiger charge is -2.12. The Hall–Kier alpha value is -2.42. The van der Waals surface area contributed by atoms with Crippen molar-refractivity contribution in [1.82, 2.24) is 10.2 Å². The van der Waals surface area contributed by atoms with Gasteiger partial charge in [0.05, 0.1) is 32.1 Å². The smallest absolute Gasteiger partial charge is 0.277 e. The topological polar surface area (TPSA) is 83.7 Å². The number of thioether (sulfide) groups is 1. The summed E-state index contributed by atoms with van der Waals surface area (Å²) < 4.78 is 21.6. The quantitative estimate of drug-likeness (QED) is 0.345. The molecule has 2 aromatic carbocycles. The van der Waals surface area contributed by atoms with E-state index >= 15 is 0 Å². The molecule has 0 aliphatic rings. The van der Waals surface area contributed by atoms with Gasteiger partial charge < -0.3 is 18.6 Å². The van der Waals surface area contributed by atoms with Crippen LogP contribution in [0.1, 0.15) is 10.4 Å². The molecule has 0 atom stereocenters. The van der Waals surface area contributed by atoms with Crippen LogP contribution in [0.15, 0.2) is 40.0 Å². The van der Waals surface area contributed by atoms with E-state index in [0.717, 1.165) is 11.8 Å². The highest BCUT2D eigenvalue weighted by Gasteiger charge is 2.19. The summed E-state index contributed by atoms with van der Waals surface area (Å²) in [6, 6.07) is 8.11. The maximum Gasteiger partial charge on any atom is 0.277 e. The van der Waals surface area contributed by atoms with Gasteiger partial charge in [0.25, 0.3) is 5.22 Å². The van der Waals surface area contributed by atoms with Crippen molar-refractivity contribution in [2.24, 2.45) is 0 Å². The zero-order valence-corrected chi connectivity index (χ0v) is 18.0. The van der Waals surface area contributed by atoms with Gasteiger partial charge in [0.15, 0.2) is 17.3 Å². The third-order valence-corrected chi connectivity index (χ3v) is 5.24. The number of rotatable bonds is 8. The molecule has 0 aliphatic carbocycles. The highest BCUT2D eigenvalue weighted by Crippen LogP contribution is 2.41. The van der Waals surface area contributed by atoms with Crippen molar-refractivity contribution in [1.29, 1.82) is 0 Å². The van der Waals surface area contributed by atoms with E-state index in [1.807, 2.05) is 0 Å². The lowest BCUT2D eigenvalue weighted by Crippen LogP contribution is -2.03. The van der Waals surface area contributed by atoms with Gasteiger partial charge >= 0.3 is 0 Å². The number of halogens is 2. The SMILES string of the molecule is COc1cc(-c2nnc(SCC(=O)c3ccc(Cl)cc3Cl)o2)cc(OC)c1OC. The molecule has 29 heavy (non-hydrogen) atoms. The highest BCUT2D eigenvalue weighted by atomic mass is 35.5. The Morgan fingerprint density at radius 3 is 2.31 bits per heavy atom. The molecule has 1 heterocycles. The molecule has 7 nitrogen and oxygen atoms in total. The number of hydrogen-bond donors (Lipinski definition) is 0. The second-order valence-corrected chi connectivity index (χ2v) is 7.39. The van der Waals surface area contributed by atoms with Crippen molar-refractivity contribution in [2.75, 3.05) is 27.1 Å². The molecule has 0 fully saturated rings. The number of carbonyl (C=O) groups is 1. The normalized spacial score (nSPS) is 10.7. The summed E-state index contributed by atoms with van der Waals surface area (Å²) in [5, 5.41) is 9.01. The summed E-state index contributed by atoms with van der Waals surface area (Å²) in [4.78, 5) is 12.4. The Balaban J connectivity index is 1.76. The van der Waals surface area contributed by atoms with Crippen LogP contribution in [0.25, 0.3) is 11.5 Å². The third kappa shape index (κ3) is 4.77. The van der Waals surface area contributed by atoms with Crippen molar-refractivity contribution in [2.45, 2.75) is 5.22 Å². The van der Waals surface area contributed by atoms with Gasteiger partial charge in [0.1, 0.15) is 0 Å². The fourth-order valence-electron chi connectivity index (χ4n) is 2.51. The van der Waals surface area contributed by atoms with Crippen LogP contribution in [-0.4, -0.2) is 43.1 Å². The second kappa shape index (κ2) is 9.39. The molecule has 0 saturated carbocycles. The summed E-state index contributed by atoms with van der Waals surface area (Å²) in [5.74, 6) is 1.54. The van der Waals surface area contributed by atoms with Crippen molar-refractivity contribution in [3.8, 4) is 28.7 Å². The van der Waals surface area contributed by atoms with Crippen LogP contribution in [-0.2, 0) is 0 Å². The van der Waals surface area contributed by atoms with Gasteiger partial charge in [-0.2, -0.15) is 0 Å². The van der Waals surface area contributed by atoms with Crippen molar-refractivity contribution in [3.63, 3.8) is 0 Å². The number of methoxy groups -OCH3 is 3. The van der Waals surface area contributed by atoms with E-state index in [1.54, 1.807) is 24.3 Å². The number of ether oxygens (including phenoxy) is 3.